The summed E-state index contributed by atoms with van der Waals surface area (Å²) in [4.78, 5) is 18.5. The van der Waals surface area contributed by atoms with E-state index in [0.29, 0.717) is 5.75 Å². The van der Waals surface area contributed by atoms with E-state index in [2.05, 4.69) is 9.97 Å². The van der Waals surface area contributed by atoms with E-state index in [1.807, 2.05) is 24.3 Å². The Morgan fingerprint density at radius 2 is 2.10 bits per heavy atom. The minimum Gasteiger partial charge on any atom is -0.478 e. The van der Waals surface area contributed by atoms with Crippen LogP contribution in [0.2, 0.25) is 0 Å². The maximum absolute atomic E-state index is 13.3. The van der Waals surface area contributed by atoms with Crippen molar-refractivity contribution in [3.05, 3.63) is 59.4 Å². The Morgan fingerprint density at radius 3 is 2.86 bits per heavy atom. The first-order chi connectivity index (χ1) is 10.1. The van der Waals surface area contributed by atoms with E-state index in [4.69, 9.17) is 5.11 Å². The van der Waals surface area contributed by atoms with Crippen molar-refractivity contribution in [1.29, 1.82) is 0 Å². The molecule has 0 atom stereocenters. The van der Waals surface area contributed by atoms with E-state index in [1.54, 1.807) is 6.07 Å². The number of benzene rings is 2. The molecule has 6 heteroatoms. The number of nitrogens with zero attached hydrogens (tertiary/aromatic N) is 1. The lowest BCUT2D eigenvalue weighted by atomic mass is 10.1. The molecule has 0 unspecified atom stereocenters. The fourth-order valence-electron chi connectivity index (χ4n) is 1.98. The number of nitrogens with one attached hydrogen (secondary N) is 1. The molecule has 0 saturated carbocycles. The molecule has 0 fully saturated rings. The number of thioether (sulfide) groups is 1. The van der Waals surface area contributed by atoms with E-state index in [9.17, 15) is 9.18 Å². The minimum absolute atomic E-state index is 0.308. The van der Waals surface area contributed by atoms with E-state index in [-0.39, 0.29) is 5.56 Å². The Hall–Kier alpha value is -2.34. The van der Waals surface area contributed by atoms with Crippen LogP contribution in [-0.4, -0.2) is 21.0 Å². The molecule has 0 saturated heterocycles. The Balaban J connectivity index is 1.78. The third-order valence-electron chi connectivity index (χ3n) is 3.00. The van der Waals surface area contributed by atoms with E-state index < -0.39 is 11.8 Å². The summed E-state index contributed by atoms with van der Waals surface area (Å²) in [6.07, 6.45) is 0. The molecular formula is C15H11FN2O2S. The van der Waals surface area contributed by atoms with Crippen molar-refractivity contribution >= 4 is 28.8 Å². The summed E-state index contributed by atoms with van der Waals surface area (Å²) in [5.74, 6) is -1.47. The SMILES string of the molecule is O=C(O)c1cc(CSc2nc3ccccc3[nH]2)ccc1F. The van der Waals surface area contributed by atoms with Crippen molar-refractivity contribution in [2.45, 2.75) is 10.9 Å². The Morgan fingerprint density at radius 1 is 1.29 bits per heavy atom. The highest BCUT2D eigenvalue weighted by Gasteiger charge is 2.11. The predicted molar refractivity (Wildman–Crippen MR) is 79.0 cm³/mol. The van der Waals surface area contributed by atoms with Gasteiger partial charge in [-0.05, 0) is 29.8 Å². The number of aromatic nitrogens is 2. The molecule has 106 valence electrons. The van der Waals surface area contributed by atoms with Crippen molar-refractivity contribution in [2.75, 3.05) is 0 Å². The average Bonchev–Trinajstić information content (AvgIpc) is 2.89. The van der Waals surface area contributed by atoms with Crippen LogP contribution >= 0.6 is 11.8 Å². The first kappa shape index (κ1) is 13.6. The first-order valence-electron chi connectivity index (χ1n) is 6.23. The molecule has 4 nitrogen and oxygen atoms in total. The van der Waals surface area contributed by atoms with Gasteiger partial charge in [0.2, 0.25) is 0 Å². The number of carboxylic acids is 1. The summed E-state index contributed by atoms with van der Waals surface area (Å²) in [6, 6.07) is 11.8. The second-order valence-corrected chi connectivity index (χ2v) is 5.43. The molecule has 3 rings (SSSR count). The Labute approximate surface area is 124 Å². The quantitative estimate of drug-likeness (QED) is 0.721. The van der Waals surface area contributed by atoms with E-state index in [1.165, 1.54) is 23.9 Å². The molecule has 0 radical (unpaired) electrons. The number of rotatable bonds is 4. The van der Waals surface area contributed by atoms with Gasteiger partial charge in [0.1, 0.15) is 5.82 Å². The summed E-state index contributed by atoms with van der Waals surface area (Å²) < 4.78 is 13.3. The number of aromatic carboxylic acids is 1. The van der Waals surface area contributed by atoms with Gasteiger partial charge < -0.3 is 10.1 Å². The second kappa shape index (κ2) is 5.57. The zero-order chi connectivity index (χ0) is 14.8. The van der Waals surface area contributed by atoms with Crippen LogP contribution in [0.3, 0.4) is 0 Å². The molecule has 0 spiro atoms. The van der Waals surface area contributed by atoms with Gasteiger partial charge in [0.25, 0.3) is 0 Å². The van der Waals surface area contributed by atoms with Crippen molar-refractivity contribution in [3.63, 3.8) is 0 Å². The van der Waals surface area contributed by atoms with Crippen LogP contribution in [0, 0.1) is 5.82 Å². The van der Waals surface area contributed by atoms with Crippen molar-refractivity contribution in [3.8, 4) is 0 Å². The Bertz CT molecular complexity index is 783. The van der Waals surface area contributed by atoms with Gasteiger partial charge in [-0.15, -0.1) is 0 Å². The average molecular weight is 302 g/mol. The molecule has 0 aliphatic rings. The molecule has 0 aliphatic heterocycles. The third-order valence-corrected chi connectivity index (χ3v) is 3.95. The Kier molecular flexibility index (Phi) is 3.62. The molecule has 1 heterocycles. The number of hydrogen-bond donors (Lipinski definition) is 2. The van der Waals surface area contributed by atoms with E-state index in [0.717, 1.165) is 21.8 Å². The molecule has 0 aliphatic carbocycles. The molecular weight excluding hydrogens is 291 g/mol. The van der Waals surface area contributed by atoms with Gasteiger partial charge in [0, 0.05) is 5.75 Å². The van der Waals surface area contributed by atoms with Gasteiger partial charge in [-0.1, -0.05) is 30.0 Å². The fraction of sp³-hybridized carbons (Fsp3) is 0.0667. The zero-order valence-electron chi connectivity index (χ0n) is 10.8. The number of aromatic amines is 1. The lowest BCUT2D eigenvalue weighted by Gasteiger charge is -2.02. The third kappa shape index (κ3) is 2.90. The maximum Gasteiger partial charge on any atom is 0.338 e. The van der Waals surface area contributed by atoms with Crippen LogP contribution in [0.25, 0.3) is 11.0 Å². The number of halogens is 1. The molecule has 21 heavy (non-hydrogen) atoms. The van der Waals surface area contributed by atoms with Crippen LogP contribution in [0.4, 0.5) is 4.39 Å². The van der Waals surface area contributed by atoms with Gasteiger partial charge in [-0.2, -0.15) is 0 Å². The highest BCUT2D eigenvalue weighted by molar-refractivity contribution is 7.98. The number of para-hydroxylation sites is 2. The summed E-state index contributed by atoms with van der Waals surface area (Å²) in [5.41, 5.74) is 2.26. The van der Waals surface area contributed by atoms with Gasteiger partial charge in [0.05, 0.1) is 16.6 Å². The molecule has 2 N–H and O–H groups in total. The number of imidazole rings is 1. The van der Waals surface area contributed by atoms with Crippen LogP contribution in [0.1, 0.15) is 15.9 Å². The van der Waals surface area contributed by atoms with Gasteiger partial charge in [-0.25, -0.2) is 14.2 Å². The number of carbonyl (C=O) groups is 1. The monoisotopic (exact) mass is 302 g/mol. The zero-order valence-corrected chi connectivity index (χ0v) is 11.7. The lowest BCUT2D eigenvalue weighted by molar-refractivity contribution is 0.0692. The topological polar surface area (TPSA) is 66.0 Å². The maximum atomic E-state index is 13.3. The fourth-order valence-corrected chi connectivity index (χ4v) is 2.80. The molecule has 1 aromatic heterocycles. The van der Waals surface area contributed by atoms with E-state index >= 15 is 0 Å². The normalized spacial score (nSPS) is 10.9. The second-order valence-electron chi connectivity index (χ2n) is 4.47. The van der Waals surface area contributed by atoms with Gasteiger partial charge in [-0.3, -0.25) is 0 Å². The number of carboxylic acid groups (broad SMARTS) is 1. The summed E-state index contributed by atoms with van der Waals surface area (Å²) >= 11 is 1.44. The van der Waals surface area contributed by atoms with Crippen molar-refractivity contribution in [1.82, 2.24) is 9.97 Å². The van der Waals surface area contributed by atoms with Crippen molar-refractivity contribution < 1.29 is 14.3 Å². The van der Waals surface area contributed by atoms with Crippen LogP contribution in [-0.2, 0) is 5.75 Å². The molecule has 0 bridgehead atoms. The summed E-state index contributed by atoms with van der Waals surface area (Å²) in [6.45, 7) is 0. The highest BCUT2D eigenvalue weighted by atomic mass is 32.2. The number of H-pyrrole nitrogens is 1. The standard InChI is InChI=1S/C15H11FN2O2S/c16-11-6-5-9(7-10(11)14(19)20)8-21-15-17-12-3-1-2-4-13(12)18-15/h1-7H,8H2,(H,17,18)(H,19,20). The molecule has 0 amide bonds. The summed E-state index contributed by atoms with van der Waals surface area (Å²) in [5, 5.41) is 9.65. The number of hydrogen-bond acceptors (Lipinski definition) is 3. The smallest absolute Gasteiger partial charge is 0.338 e. The van der Waals surface area contributed by atoms with Crippen LogP contribution in [0.15, 0.2) is 47.6 Å². The van der Waals surface area contributed by atoms with Crippen molar-refractivity contribution in [2.24, 2.45) is 0 Å². The van der Waals surface area contributed by atoms with Crippen LogP contribution < -0.4 is 0 Å². The minimum atomic E-state index is -1.26. The lowest BCUT2D eigenvalue weighted by Crippen LogP contribution is -2.01. The first-order valence-corrected chi connectivity index (χ1v) is 7.21. The molecule has 2 aromatic carbocycles. The highest BCUT2D eigenvalue weighted by Crippen LogP contribution is 2.24. The summed E-state index contributed by atoms with van der Waals surface area (Å²) in [7, 11) is 0. The molecule has 3 aromatic rings. The largest absolute Gasteiger partial charge is 0.478 e. The van der Waals surface area contributed by atoms with Crippen LogP contribution in [0.5, 0.6) is 0 Å². The van der Waals surface area contributed by atoms with Gasteiger partial charge >= 0.3 is 5.97 Å². The van der Waals surface area contributed by atoms with Gasteiger partial charge in [0.15, 0.2) is 5.16 Å². The predicted octanol–water partition coefficient (Wildman–Crippen LogP) is 3.69. The number of fused-ring (bicyclic) bond motifs is 1.